The van der Waals surface area contributed by atoms with Crippen LogP contribution in [0.25, 0.3) is 0 Å². The molecule has 0 atom stereocenters. The van der Waals surface area contributed by atoms with Crippen LogP contribution in [0.4, 0.5) is 5.69 Å². The number of ether oxygens (including phenoxy) is 1. The van der Waals surface area contributed by atoms with Crippen LogP contribution in [0.3, 0.4) is 0 Å². The molecule has 0 amide bonds. The normalized spacial score (nSPS) is 15.6. The Morgan fingerprint density at radius 2 is 2.21 bits per heavy atom. The van der Waals surface area contributed by atoms with Gasteiger partial charge in [-0.3, -0.25) is 0 Å². The molecule has 2 nitrogen and oxygen atoms in total. The average Bonchev–Trinajstić information content (AvgIpc) is 2.85. The molecule has 0 radical (unpaired) electrons. The first-order valence-corrected chi connectivity index (χ1v) is 5.71. The molecule has 76 valence electrons. The highest BCUT2D eigenvalue weighted by Gasteiger charge is 2.22. The number of anilines is 1. The molecule has 0 saturated heterocycles. The lowest BCUT2D eigenvalue weighted by Crippen LogP contribution is -2.02. The minimum Gasteiger partial charge on any atom is -0.490 e. The van der Waals surface area contributed by atoms with E-state index in [0.29, 0.717) is 22.4 Å². The van der Waals surface area contributed by atoms with Gasteiger partial charge in [-0.25, -0.2) is 0 Å². The number of nitrogen functional groups attached to an aromatic ring is 1. The molecular formula is C10H11BrClNO. The van der Waals surface area contributed by atoms with Gasteiger partial charge in [-0.1, -0.05) is 27.5 Å². The van der Waals surface area contributed by atoms with E-state index in [9.17, 15) is 0 Å². The smallest absolute Gasteiger partial charge is 0.160 e. The number of nitrogens with two attached hydrogens (primary N) is 1. The molecule has 14 heavy (non-hydrogen) atoms. The van der Waals surface area contributed by atoms with E-state index in [-0.39, 0.29) is 0 Å². The van der Waals surface area contributed by atoms with Gasteiger partial charge in [0.2, 0.25) is 0 Å². The number of halogens is 2. The quantitative estimate of drug-likeness (QED) is 0.858. The summed E-state index contributed by atoms with van der Waals surface area (Å²) in [5, 5.41) is 0.567. The third-order valence-corrected chi connectivity index (χ3v) is 2.94. The first kappa shape index (κ1) is 10.1. The third kappa shape index (κ3) is 2.34. The highest BCUT2D eigenvalue weighted by Crippen LogP contribution is 2.36. The van der Waals surface area contributed by atoms with Gasteiger partial charge in [-0.2, -0.15) is 0 Å². The maximum Gasteiger partial charge on any atom is 0.160 e. The van der Waals surface area contributed by atoms with Crippen molar-refractivity contribution in [3.05, 3.63) is 21.6 Å². The highest BCUT2D eigenvalue weighted by molar-refractivity contribution is 9.10. The van der Waals surface area contributed by atoms with Crippen molar-refractivity contribution in [1.29, 1.82) is 0 Å². The summed E-state index contributed by atoms with van der Waals surface area (Å²) in [5.41, 5.74) is 6.38. The Morgan fingerprint density at radius 3 is 2.79 bits per heavy atom. The van der Waals surface area contributed by atoms with Crippen molar-refractivity contribution in [2.45, 2.75) is 12.8 Å². The molecule has 0 unspecified atom stereocenters. The monoisotopic (exact) mass is 275 g/mol. The zero-order chi connectivity index (χ0) is 10.1. The predicted octanol–water partition coefficient (Wildman–Crippen LogP) is 3.47. The summed E-state index contributed by atoms with van der Waals surface area (Å²) in [4.78, 5) is 0. The zero-order valence-electron chi connectivity index (χ0n) is 7.59. The van der Waals surface area contributed by atoms with Crippen LogP contribution in [0.1, 0.15) is 12.8 Å². The van der Waals surface area contributed by atoms with E-state index in [1.807, 2.05) is 0 Å². The minimum atomic E-state index is 0.567. The summed E-state index contributed by atoms with van der Waals surface area (Å²) in [6.45, 7) is 0.728. The van der Waals surface area contributed by atoms with E-state index in [0.717, 1.165) is 11.1 Å². The lowest BCUT2D eigenvalue weighted by atomic mass is 10.3. The number of benzene rings is 1. The van der Waals surface area contributed by atoms with Crippen LogP contribution in [0.5, 0.6) is 5.75 Å². The molecule has 0 aliphatic heterocycles. The fraction of sp³-hybridized carbons (Fsp3) is 0.400. The van der Waals surface area contributed by atoms with Gasteiger partial charge in [0.15, 0.2) is 5.75 Å². The second kappa shape index (κ2) is 3.99. The van der Waals surface area contributed by atoms with Gasteiger partial charge in [0.05, 0.1) is 17.3 Å². The van der Waals surface area contributed by atoms with E-state index in [1.165, 1.54) is 12.8 Å². The van der Waals surface area contributed by atoms with Crippen LogP contribution >= 0.6 is 27.5 Å². The van der Waals surface area contributed by atoms with Crippen molar-refractivity contribution in [3.63, 3.8) is 0 Å². The Balaban J connectivity index is 2.13. The molecule has 1 aromatic carbocycles. The summed E-state index contributed by atoms with van der Waals surface area (Å²) >= 11 is 9.32. The Labute approximate surface area is 96.5 Å². The van der Waals surface area contributed by atoms with Crippen LogP contribution in [-0.4, -0.2) is 6.61 Å². The van der Waals surface area contributed by atoms with Crippen LogP contribution in [0.15, 0.2) is 16.6 Å². The fourth-order valence-electron chi connectivity index (χ4n) is 1.22. The van der Waals surface area contributed by atoms with Crippen molar-refractivity contribution in [2.75, 3.05) is 12.3 Å². The lowest BCUT2D eigenvalue weighted by molar-refractivity contribution is 0.301. The van der Waals surface area contributed by atoms with E-state index in [2.05, 4.69) is 15.9 Å². The zero-order valence-corrected chi connectivity index (χ0v) is 9.94. The Hall–Kier alpha value is -0.410. The lowest BCUT2D eigenvalue weighted by Gasteiger charge is -2.10. The predicted molar refractivity (Wildman–Crippen MR) is 61.8 cm³/mol. The van der Waals surface area contributed by atoms with Gasteiger partial charge >= 0.3 is 0 Å². The van der Waals surface area contributed by atoms with Crippen molar-refractivity contribution < 1.29 is 4.74 Å². The Kier molecular flexibility index (Phi) is 2.88. The van der Waals surface area contributed by atoms with Gasteiger partial charge in [-0.15, -0.1) is 0 Å². The second-order valence-corrected chi connectivity index (χ2v) is 4.88. The molecule has 1 fully saturated rings. The second-order valence-electron chi connectivity index (χ2n) is 3.56. The fourth-order valence-corrected chi connectivity index (χ4v) is 2.11. The summed E-state index contributed by atoms with van der Waals surface area (Å²) in [6, 6.07) is 3.59. The summed E-state index contributed by atoms with van der Waals surface area (Å²) in [5.74, 6) is 1.32. The first-order chi connectivity index (χ1) is 6.66. The molecule has 2 N–H and O–H groups in total. The molecule has 0 bridgehead atoms. The number of rotatable bonds is 3. The maximum absolute atomic E-state index is 6.00. The molecular weight excluding hydrogens is 265 g/mol. The molecule has 1 aliphatic carbocycles. The Bertz CT molecular complexity index is 329. The molecule has 1 aliphatic rings. The van der Waals surface area contributed by atoms with Crippen LogP contribution in [0, 0.1) is 5.92 Å². The molecule has 0 spiro atoms. The number of hydrogen-bond acceptors (Lipinski definition) is 2. The maximum atomic E-state index is 6.00. The molecule has 0 heterocycles. The van der Waals surface area contributed by atoms with Gasteiger partial charge in [-0.05, 0) is 30.9 Å². The van der Waals surface area contributed by atoms with Crippen LogP contribution in [0.2, 0.25) is 5.02 Å². The SMILES string of the molecule is Nc1cc(Br)cc(Cl)c1OCC1CC1. The minimum absolute atomic E-state index is 0.567. The van der Waals surface area contributed by atoms with Crippen LogP contribution < -0.4 is 10.5 Å². The molecule has 0 aromatic heterocycles. The molecule has 2 rings (SSSR count). The van der Waals surface area contributed by atoms with Gasteiger partial charge in [0.25, 0.3) is 0 Å². The summed E-state index contributed by atoms with van der Waals surface area (Å²) in [7, 11) is 0. The van der Waals surface area contributed by atoms with Gasteiger partial charge in [0, 0.05) is 4.47 Å². The molecule has 4 heteroatoms. The Morgan fingerprint density at radius 1 is 1.50 bits per heavy atom. The van der Waals surface area contributed by atoms with Crippen molar-refractivity contribution in [3.8, 4) is 5.75 Å². The van der Waals surface area contributed by atoms with Crippen molar-refractivity contribution >= 4 is 33.2 Å². The topological polar surface area (TPSA) is 35.2 Å². The van der Waals surface area contributed by atoms with Gasteiger partial charge < -0.3 is 10.5 Å². The average molecular weight is 277 g/mol. The van der Waals surface area contributed by atoms with E-state index in [1.54, 1.807) is 12.1 Å². The van der Waals surface area contributed by atoms with Crippen molar-refractivity contribution in [1.82, 2.24) is 0 Å². The molecule has 1 aromatic rings. The number of hydrogen-bond donors (Lipinski definition) is 1. The standard InChI is InChI=1S/C10H11BrClNO/c11-7-3-8(12)10(9(13)4-7)14-5-6-1-2-6/h3-4,6H,1-2,5,13H2. The largest absolute Gasteiger partial charge is 0.490 e. The third-order valence-electron chi connectivity index (χ3n) is 2.20. The van der Waals surface area contributed by atoms with Crippen LogP contribution in [-0.2, 0) is 0 Å². The van der Waals surface area contributed by atoms with E-state index in [4.69, 9.17) is 22.1 Å². The van der Waals surface area contributed by atoms with Crippen molar-refractivity contribution in [2.24, 2.45) is 5.92 Å². The molecule has 1 saturated carbocycles. The highest BCUT2D eigenvalue weighted by atomic mass is 79.9. The summed E-state index contributed by atoms with van der Waals surface area (Å²) in [6.07, 6.45) is 2.52. The van der Waals surface area contributed by atoms with E-state index >= 15 is 0 Å². The van der Waals surface area contributed by atoms with Gasteiger partial charge in [0.1, 0.15) is 0 Å². The summed E-state index contributed by atoms with van der Waals surface area (Å²) < 4.78 is 6.44. The first-order valence-electron chi connectivity index (χ1n) is 4.54. The van der Waals surface area contributed by atoms with E-state index < -0.39 is 0 Å².